The second-order valence-corrected chi connectivity index (χ2v) is 7.17. The Kier molecular flexibility index (Phi) is 4.81. The van der Waals surface area contributed by atoms with E-state index in [2.05, 4.69) is 0 Å². The van der Waals surface area contributed by atoms with Gasteiger partial charge in [-0.3, -0.25) is 4.79 Å². The molecule has 0 radical (unpaired) electrons. The lowest BCUT2D eigenvalue weighted by molar-refractivity contribution is -0.135. The summed E-state index contributed by atoms with van der Waals surface area (Å²) in [6.45, 7) is 2.16. The molecule has 2 fully saturated rings. The third-order valence-electron chi connectivity index (χ3n) is 3.81. The van der Waals surface area contributed by atoms with E-state index >= 15 is 0 Å². The van der Waals surface area contributed by atoms with Crippen LogP contribution >= 0.6 is 0 Å². The van der Waals surface area contributed by atoms with Crippen molar-refractivity contribution < 1.29 is 17.9 Å². The maximum atomic E-state index is 12.2. The molecule has 0 aromatic heterocycles. The molecule has 1 aliphatic heterocycles. The molecule has 0 N–H and O–H groups in total. The molecule has 1 heterocycles. The molecule has 2 aliphatic rings. The van der Waals surface area contributed by atoms with E-state index in [1.165, 1.54) is 10.6 Å². The minimum Gasteiger partial charge on any atom is -0.378 e. The average molecular weight is 290 g/mol. The van der Waals surface area contributed by atoms with Crippen molar-refractivity contribution in [3.05, 3.63) is 0 Å². The quantitative estimate of drug-likeness (QED) is 0.734. The molecule has 0 aromatic carbocycles. The summed E-state index contributed by atoms with van der Waals surface area (Å²) in [5.41, 5.74) is 0. The summed E-state index contributed by atoms with van der Waals surface area (Å²) in [5, 5.41) is 0. The third kappa shape index (κ3) is 3.90. The molecule has 0 bridgehead atoms. The number of carbonyl (C=O) groups is 1. The van der Waals surface area contributed by atoms with Gasteiger partial charge in [-0.25, -0.2) is 8.42 Å². The zero-order valence-electron chi connectivity index (χ0n) is 11.4. The molecular formula is C12H22N2O4S. The van der Waals surface area contributed by atoms with Crippen LogP contribution in [0.3, 0.4) is 0 Å². The van der Waals surface area contributed by atoms with Crippen molar-refractivity contribution in [3.8, 4) is 0 Å². The van der Waals surface area contributed by atoms with Crippen molar-refractivity contribution in [2.75, 3.05) is 39.1 Å². The Balaban J connectivity index is 2.01. The second kappa shape index (κ2) is 6.19. The predicted molar refractivity (Wildman–Crippen MR) is 71.2 cm³/mol. The van der Waals surface area contributed by atoms with Crippen LogP contribution in [0.1, 0.15) is 25.7 Å². The lowest BCUT2D eigenvalue weighted by Crippen LogP contribution is -2.49. The minimum absolute atomic E-state index is 0.00000874. The molecule has 0 unspecified atom stereocenters. The Hall–Kier alpha value is -0.660. The zero-order valence-corrected chi connectivity index (χ0v) is 12.2. The van der Waals surface area contributed by atoms with E-state index < -0.39 is 10.0 Å². The summed E-state index contributed by atoms with van der Waals surface area (Å²) >= 11 is 0. The number of ether oxygens (including phenoxy) is 1. The van der Waals surface area contributed by atoms with Crippen molar-refractivity contribution in [2.45, 2.75) is 31.7 Å². The van der Waals surface area contributed by atoms with Gasteiger partial charge in [-0.2, -0.15) is 4.31 Å². The highest BCUT2D eigenvalue weighted by molar-refractivity contribution is 7.88. The van der Waals surface area contributed by atoms with Crippen LogP contribution in [-0.2, 0) is 19.6 Å². The Morgan fingerprint density at radius 2 is 1.84 bits per heavy atom. The molecule has 2 rings (SSSR count). The van der Waals surface area contributed by atoms with Gasteiger partial charge in [-0.1, -0.05) is 12.8 Å². The molecule has 0 atom stereocenters. The summed E-state index contributed by atoms with van der Waals surface area (Å²) in [7, 11) is -3.33. The first kappa shape index (κ1) is 14.7. The molecule has 0 spiro atoms. The van der Waals surface area contributed by atoms with Crippen molar-refractivity contribution in [2.24, 2.45) is 0 Å². The first-order valence-electron chi connectivity index (χ1n) is 6.81. The number of sulfonamides is 1. The summed E-state index contributed by atoms with van der Waals surface area (Å²) in [6, 6.07) is -0.00000874. The fraction of sp³-hybridized carbons (Fsp3) is 0.917. The van der Waals surface area contributed by atoms with Gasteiger partial charge in [0.05, 0.1) is 26.0 Å². The maximum Gasteiger partial charge on any atom is 0.238 e. The highest BCUT2D eigenvalue weighted by Crippen LogP contribution is 2.25. The van der Waals surface area contributed by atoms with Gasteiger partial charge in [-0.15, -0.1) is 0 Å². The number of carbonyl (C=O) groups excluding carboxylic acids is 1. The first-order chi connectivity index (χ1) is 8.98. The van der Waals surface area contributed by atoms with E-state index in [1.807, 2.05) is 0 Å². The Morgan fingerprint density at radius 1 is 1.26 bits per heavy atom. The van der Waals surface area contributed by atoms with Gasteiger partial charge < -0.3 is 9.64 Å². The van der Waals surface area contributed by atoms with E-state index in [0.717, 1.165) is 25.7 Å². The van der Waals surface area contributed by atoms with E-state index in [-0.39, 0.29) is 18.5 Å². The van der Waals surface area contributed by atoms with Crippen LogP contribution < -0.4 is 0 Å². The van der Waals surface area contributed by atoms with Gasteiger partial charge in [0.1, 0.15) is 0 Å². The summed E-state index contributed by atoms with van der Waals surface area (Å²) < 4.78 is 30.3. The first-order valence-corrected chi connectivity index (χ1v) is 8.65. The van der Waals surface area contributed by atoms with Gasteiger partial charge in [0.2, 0.25) is 15.9 Å². The standard InChI is InChI=1S/C12H22N2O4S/c1-19(16,17)14(11-4-2-3-5-11)10-12(15)13-6-8-18-9-7-13/h11H,2-10H2,1H3. The van der Waals surface area contributed by atoms with Crippen LogP contribution in [0, 0.1) is 0 Å². The van der Waals surface area contributed by atoms with Gasteiger partial charge >= 0.3 is 0 Å². The van der Waals surface area contributed by atoms with E-state index in [9.17, 15) is 13.2 Å². The Bertz CT molecular complexity index is 411. The number of morpholine rings is 1. The molecule has 6 nitrogen and oxygen atoms in total. The molecule has 1 saturated heterocycles. The molecule has 1 amide bonds. The number of amides is 1. The normalized spacial score (nSPS) is 22.1. The summed E-state index contributed by atoms with van der Waals surface area (Å²) in [6.07, 6.45) is 5.01. The minimum atomic E-state index is -3.33. The molecule has 19 heavy (non-hydrogen) atoms. The van der Waals surface area contributed by atoms with Crippen LogP contribution in [0.25, 0.3) is 0 Å². The largest absolute Gasteiger partial charge is 0.378 e. The molecule has 7 heteroatoms. The second-order valence-electron chi connectivity index (χ2n) is 5.24. The highest BCUT2D eigenvalue weighted by atomic mass is 32.2. The van der Waals surface area contributed by atoms with Gasteiger partial charge in [0, 0.05) is 19.1 Å². The van der Waals surface area contributed by atoms with Crippen LogP contribution in [0.4, 0.5) is 0 Å². The molecule has 110 valence electrons. The summed E-state index contributed by atoms with van der Waals surface area (Å²) in [5.74, 6) is -0.111. The van der Waals surface area contributed by atoms with Gasteiger partial charge in [0.15, 0.2) is 0 Å². The monoisotopic (exact) mass is 290 g/mol. The van der Waals surface area contributed by atoms with E-state index in [0.29, 0.717) is 26.3 Å². The van der Waals surface area contributed by atoms with Gasteiger partial charge in [0.25, 0.3) is 0 Å². The molecular weight excluding hydrogens is 268 g/mol. The lowest BCUT2D eigenvalue weighted by atomic mass is 10.2. The van der Waals surface area contributed by atoms with E-state index in [1.54, 1.807) is 4.90 Å². The fourth-order valence-electron chi connectivity index (χ4n) is 2.76. The highest BCUT2D eigenvalue weighted by Gasteiger charge is 2.32. The van der Waals surface area contributed by atoms with Crippen molar-refractivity contribution >= 4 is 15.9 Å². The van der Waals surface area contributed by atoms with E-state index in [4.69, 9.17) is 4.74 Å². The van der Waals surface area contributed by atoms with Crippen molar-refractivity contribution in [1.82, 2.24) is 9.21 Å². The molecule has 0 aromatic rings. The smallest absolute Gasteiger partial charge is 0.238 e. The third-order valence-corrected chi connectivity index (χ3v) is 5.09. The zero-order chi connectivity index (χ0) is 13.9. The van der Waals surface area contributed by atoms with Crippen molar-refractivity contribution in [1.29, 1.82) is 0 Å². The van der Waals surface area contributed by atoms with Crippen LogP contribution in [0.5, 0.6) is 0 Å². The number of hydrogen-bond acceptors (Lipinski definition) is 4. The lowest BCUT2D eigenvalue weighted by Gasteiger charge is -2.31. The summed E-state index contributed by atoms with van der Waals surface area (Å²) in [4.78, 5) is 13.9. The molecule has 1 aliphatic carbocycles. The number of hydrogen-bond donors (Lipinski definition) is 0. The SMILES string of the molecule is CS(=O)(=O)N(CC(=O)N1CCOCC1)C1CCCC1. The molecule has 1 saturated carbocycles. The maximum absolute atomic E-state index is 12.2. The van der Waals surface area contributed by atoms with Gasteiger partial charge in [-0.05, 0) is 12.8 Å². The predicted octanol–water partition coefficient (Wildman–Crippen LogP) is 0.0494. The number of nitrogens with zero attached hydrogens (tertiary/aromatic N) is 2. The average Bonchev–Trinajstić information content (AvgIpc) is 2.88. The van der Waals surface area contributed by atoms with Crippen molar-refractivity contribution in [3.63, 3.8) is 0 Å². The Labute approximate surface area is 114 Å². The fourth-order valence-corrected chi connectivity index (χ4v) is 3.85. The van der Waals surface area contributed by atoms with Crippen LogP contribution in [0.15, 0.2) is 0 Å². The topological polar surface area (TPSA) is 66.9 Å². The van der Waals surface area contributed by atoms with Crippen LogP contribution in [0.2, 0.25) is 0 Å². The number of rotatable bonds is 4. The Morgan fingerprint density at radius 3 is 2.37 bits per heavy atom. The van der Waals surface area contributed by atoms with Crippen LogP contribution in [-0.4, -0.2) is 68.7 Å².